The van der Waals surface area contributed by atoms with Crippen LogP contribution in [0.4, 0.5) is 0 Å². The number of hydrogen-bond acceptors (Lipinski definition) is 3. The Morgan fingerprint density at radius 3 is 3.25 bits per heavy atom. The maximum absolute atomic E-state index is 12.0. The highest BCUT2D eigenvalue weighted by Crippen LogP contribution is 2.15. The lowest BCUT2D eigenvalue weighted by molar-refractivity contribution is -0.151. The van der Waals surface area contributed by atoms with E-state index in [1.807, 2.05) is 23.3 Å². The summed E-state index contributed by atoms with van der Waals surface area (Å²) >= 11 is 1.71. The summed E-state index contributed by atoms with van der Waals surface area (Å²) in [4.78, 5) is 15.1. The minimum Gasteiger partial charge on any atom is -0.359 e. The van der Waals surface area contributed by atoms with Gasteiger partial charge in [0.2, 0.25) is 5.91 Å². The quantitative estimate of drug-likeness (QED) is 0.810. The van der Waals surface area contributed by atoms with Crippen LogP contribution in [0.25, 0.3) is 0 Å². The summed E-state index contributed by atoms with van der Waals surface area (Å²) in [5.41, 5.74) is 0. The molecular formula is C12H17NO2S. The third-order valence-electron chi connectivity index (χ3n) is 2.83. The van der Waals surface area contributed by atoms with Crippen LogP contribution in [0.2, 0.25) is 0 Å². The predicted molar refractivity (Wildman–Crippen MR) is 64.4 cm³/mol. The summed E-state index contributed by atoms with van der Waals surface area (Å²) in [6.45, 7) is 3.56. The zero-order valence-corrected chi connectivity index (χ0v) is 10.3. The van der Waals surface area contributed by atoms with E-state index in [9.17, 15) is 4.79 Å². The van der Waals surface area contributed by atoms with Crippen molar-refractivity contribution in [3.05, 3.63) is 22.4 Å². The molecule has 2 heterocycles. The highest BCUT2D eigenvalue weighted by Gasteiger charge is 2.23. The van der Waals surface area contributed by atoms with Gasteiger partial charge < -0.3 is 9.64 Å². The number of hydrogen-bond donors (Lipinski definition) is 0. The maximum atomic E-state index is 12.0. The summed E-state index contributed by atoms with van der Waals surface area (Å²) in [7, 11) is 0. The smallest absolute Gasteiger partial charge is 0.224 e. The van der Waals surface area contributed by atoms with Crippen molar-refractivity contribution in [2.75, 3.05) is 13.2 Å². The van der Waals surface area contributed by atoms with Gasteiger partial charge >= 0.3 is 0 Å². The van der Waals surface area contributed by atoms with E-state index in [0.717, 1.165) is 26.0 Å². The summed E-state index contributed by atoms with van der Waals surface area (Å²) < 4.78 is 5.46. The van der Waals surface area contributed by atoms with Gasteiger partial charge in [-0.05, 0) is 31.2 Å². The zero-order chi connectivity index (χ0) is 11.4. The molecule has 1 saturated heterocycles. The number of ether oxygens (including phenoxy) is 1. The molecule has 3 nitrogen and oxygen atoms in total. The van der Waals surface area contributed by atoms with Crippen LogP contribution >= 0.6 is 11.3 Å². The van der Waals surface area contributed by atoms with Crippen molar-refractivity contribution >= 4 is 17.2 Å². The standard InChI is InChI=1S/C12H17NO2S/c1-10-13(7-3-8-15-10)12(14)6-5-11-4-2-9-16-11/h2,4,9-10H,3,5-8H2,1H3. The van der Waals surface area contributed by atoms with Gasteiger partial charge in [-0.2, -0.15) is 0 Å². The second-order valence-corrected chi connectivity index (χ2v) is 5.02. The van der Waals surface area contributed by atoms with Crippen molar-refractivity contribution in [2.24, 2.45) is 0 Å². The highest BCUT2D eigenvalue weighted by atomic mass is 32.1. The van der Waals surface area contributed by atoms with E-state index in [2.05, 4.69) is 6.07 Å². The molecule has 16 heavy (non-hydrogen) atoms. The minimum atomic E-state index is -0.0513. The van der Waals surface area contributed by atoms with Gasteiger partial charge in [-0.15, -0.1) is 11.3 Å². The van der Waals surface area contributed by atoms with Gasteiger partial charge in [0.05, 0.1) is 6.61 Å². The first kappa shape index (κ1) is 11.6. The number of aryl methyl sites for hydroxylation is 1. The molecule has 0 N–H and O–H groups in total. The lowest BCUT2D eigenvalue weighted by Gasteiger charge is -2.33. The molecule has 1 aliphatic rings. The molecule has 1 aromatic rings. The van der Waals surface area contributed by atoms with Crippen molar-refractivity contribution in [3.8, 4) is 0 Å². The molecule has 0 spiro atoms. The van der Waals surface area contributed by atoms with Gasteiger partial charge in [-0.3, -0.25) is 4.79 Å². The fourth-order valence-corrected chi connectivity index (χ4v) is 2.63. The van der Waals surface area contributed by atoms with E-state index in [1.165, 1.54) is 4.88 Å². The third kappa shape index (κ3) is 2.83. The summed E-state index contributed by atoms with van der Waals surface area (Å²) in [5.74, 6) is 0.209. The van der Waals surface area contributed by atoms with Crippen molar-refractivity contribution in [2.45, 2.75) is 32.4 Å². The Morgan fingerprint density at radius 2 is 2.56 bits per heavy atom. The van der Waals surface area contributed by atoms with Crippen LogP contribution in [0.3, 0.4) is 0 Å². The molecule has 0 aromatic carbocycles. The van der Waals surface area contributed by atoms with Crippen molar-refractivity contribution in [3.63, 3.8) is 0 Å². The molecule has 1 fully saturated rings. The van der Waals surface area contributed by atoms with Gasteiger partial charge in [0.15, 0.2) is 0 Å². The van der Waals surface area contributed by atoms with Gasteiger partial charge in [0, 0.05) is 17.8 Å². The second-order valence-electron chi connectivity index (χ2n) is 3.99. The van der Waals surface area contributed by atoms with E-state index < -0.39 is 0 Å². The van der Waals surface area contributed by atoms with E-state index in [0.29, 0.717) is 6.42 Å². The predicted octanol–water partition coefficient (Wildman–Crippen LogP) is 2.28. The number of rotatable bonds is 3. The second kappa shape index (κ2) is 5.46. The average molecular weight is 239 g/mol. The van der Waals surface area contributed by atoms with E-state index >= 15 is 0 Å². The molecule has 0 bridgehead atoms. The largest absolute Gasteiger partial charge is 0.359 e. The molecule has 0 aliphatic carbocycles. The molecule has 1 unspecified atom stereocenters. The molecule has 0 radical (unpaired) electrons. The van der Waals surface area contributed by atoms with Crippen LogP contribution in [0.15, 0.2) is 17.5 Å². The van der Waals surface area contributed by atoms with Crippen molar-refractivity contribution in [1.82, 2.24) is 4.90 Å². The number of amides is 1. The first-order chi connectivity index (χ1) is 7.77. The lowest BCUT2D eigenvalue weighted by Crippen LogP contribution is -2.44. The Bertz CT molecular complexity index is 337. The highest BCUT2D eigenvalue weighted by molar-refractivity contribution is 7.09. The Hall–Kier alpha value is -0.870. The van der Waals surface area contributed by atoms with E-state index in [4.69, 9.17) is 4.74 Å². The van der Waals surface area contributed by atoms with E-state index in [-0.39, 0.29) is 12.1 Å². The molecule has 0 saturated carbocycles. The Morgan fingerprint density at radius 1 is 1.69 bits per heavy atom. The summed E-state index contributed by atoms with van der Waals surface area (Å²) in [5, 5.41) is 2.05. The van der Waals surface area contributed by atoms with Crippen molar-refractivity contribution < 1.29 is 9.53 Å². The third-order valence-corrected chi connectivity index (χ3v) is 3.76. The first-order valence-corrected chi connectivity index (χ1v) is 6.59. The van der Waals surface area contributed by atoms with Crippen LogP contribution in [0.1, 0.15) is 24.6 Å². The van der Waals surface area contributed by atoms with Gasteiger partial charge in [0.1, 0.15) is 6.23 Å². The molecule has 1 atom stereocenters. The lowest BCUT2D eigenvalue weighted by atomic mass is 10.2. The van der Waals surface area contributed by atoms with Crippen LogP contribution in [-0.2, 0) is 16.0 Å². The Kier molecular flexibility index (Phi) is 3.96. The summed E-state index contributed by atoms with van der Waals surface area (Å²) in [6.07, 6.45) is 2.34. The van der Waals surface area contributed by atoms with Crippen LogP contribution in [0.5, 0.6) is 0 Å². The molecule has 88 valence electrons. The molecular weight excluding hydrogens is 222 g/mol. The first-order valence-electron chi connectivity index (χ1n) is 5.71. The number of carbonyl (C=O) groups excluding carboxylic acids is 1. The van der Waals surface area contributed by atoms with Crippen molar-refractivity contribution in [1.29, 1.82) is 0 Å². The molecule has 2 rings (SSSR count). The fourth-order valence-electron chi connectivity index (χ4n) is 1.92. The average Bonchev–Trinajstić information content (AvgIpc) is 2.79. The number of thiophene rings is 1. The van der Waals surface area contributed by atoms with Crippen LogP contribution < -0.4 is 0 Å². The minimum absolute atomic E-state index is 0.0513. The normalized spacial score (nSPS) is 21.1. The van der Waals surface area contributed by atoms with Crippen LogP contribution in [0, 0.1) is 0 Å². The van der Waals surface area contributed by atoms with Gasteiger partial charge in [0.25, 0.3) is 0 Å². The van der Waals surface area contributed by atoms with Gasteiger partial charge in [-0.25, -0.2) is 0 Å². The SMILES string of the molecule is CC1OCCCN1C(=O)CCc1cccs1. The van der Waals surface area contributed by atoms with E-state index in [1.54, 1.807) is 11.3 Å². The zero-order valence-electron chi connectivity index (χ0n) is 9.52. The molecule has 4 heteroatoms. The van der Waals surface area contributed by atoms with Crippen LogP contribution in [-0.4, -0.2) is 30.2 Å². The Balaban J connectivity index is 1.83. The Labute approximate surface area is 100 Å². The number of nitrogens with zero attached hydrogens (tertiary/aromatic N) is 1. The monoisotopic (exact) mass is 239 g/mol. The number of carbonyl (C=O) groups is 1. The molecule has 1 amide bonds. The molecule has 1 aliphatic heterocycles. The topological polar surface area (TPSA) is 29.5 Å². The fraction of sp³-hybridized carbons (Fsp3) is 0.583. The maximum Gasteiger partial charge on any atom is 0.224 e. The summed E-state index contributed by atoms with van der Waals surface area (Å²) in [6, 6.07) is 4.10. The van der Waals surface area contributed by atoms with Gasteiger partial charge in [-0.1, -0.05) is 6.07 Å². The molecule has 1 aromatic heterocycles.